The first-order chi connectivity index (χ1) is 15.3. The van der Waals surface area contributed by atoms with Crippen molar-refractivity contribution in [2.24, 2.45) is 62.6 Å². The van der Waals surface area contributed by atoms with E-state index in [-0.39, 0.29) is 16.9 Å². The summed E-state index contributed by atoms with van der Waals surface area (Å²) in [4.78, 5) is 13.2. The maximum atomic E-state index is 13.2. The molecule has 1 N–H and O–H groups in total. The molecule has 0 heterocycles. The van der Waals surface area contributed by atoms with Gasteiger partial charge in [-0.2, -0.15) is 0 Å². The largest absolute Gasteiger partial charge is 0.393 e. The van der Waals surface area contributed by atoms with Gasteiger partial charge in [0.25, 0.3) is 0 Å². The zero-order valence-electron chi connectivity index (χ0n) is 23.0. The van der Waals surface area contributed by atoms with Crippen molar-refractivity contribution < 1.29 is 9.90 Å². The Morgan fingerprint density at radius 2 is 1.48 bits per heavy atom. The molecular weight excluding hydrogens is 404 g/mol. The number of carbonyl (C=O) groups excluding carboxylic acids is 1. The van der Waals surface area contributed by atoms with Crippen molar-refractivity contribution >= 4 is 5.78 Å². The number of aliphatic hydroxyl groups excluding tert-OH is 1. The van der Waals surface area contributed by atoms with Crippen LogP contribution in [0.1, 0.15) is 120 Å². The molecule has 0 aromatic heterocycles. The van der Waals surface area contributed by atoms with Gasteiger partial charge in [0.1, 0.15) is 5.78 Å². The van der Waals surface area contributed by atoms with Gasteiger partial charge in [-0.15, -0.1) is 0 Å². The van der Waals surface area contributed by atoms with Gasteiger partial charge in [-0.1, -0.05) is 48.5 Å². The summed E-state index contributed by atoms with van der Waals surface area (Å²) in [5.74, 6) is 4.58. The molecule has 2 heteroatoms. The number of hydrogen-bond acceptors (Lipinski definition) is 2. The lowest BCUT2D eigenvalue weighted by Crippen LogP contribution is -2.67. The minimum Gasteiger partial charge on any atom is -0.393 e. The molecule has 5 rings (SSSR count). The van der Waals surface area contributed by atoms with Crippen LogP contribution in [-0.2, 0) is 4.79 Å². The summed E-state index contributed by atoms with van der Waals surface area (Å²) in [5.41, 5.74) is 1.03. The van der Waals surface area contributed by atoms with Crippen molar-refractivity contribution in [1.29, 1.82) is 0 Å². The molecule has 5 aliphatic rings. The molecule has 0 aromatic rings. The van der Waals surface area contributed by atoms with Gasteiger partial charge >= 0.3 is 0 Å². The first-order valence-electron chi connectivity index (χ1n) is 14.4. The number of carbonyl (C=O) groups is 1. The summed E-state index contributed by atoms with van der Waals surface area (Å²) in [6, 6.07) is 0. The number of ketones is 1. The summed E-state index contributed by atoms with van der Waals surface area (Å²) in [5, 5.41) is 10.9. The fraction of sp³-hybridized carbons (Fsp3) is 0.968. The van der Waals surface area contributed by atoms with Crippen molar-refractivity contribution in [3.8, 4) is 0 Å². The highest BCUT2D eigenvalue weighted by Gasteiger charge is 2.71. The third kappa shape index (κ3) is 2.85. The van der Waals surface area contributed by atoms with Gasteiger partial charge in [0.15, 0.2) is 0 Å². The Labute approximate surface area is 204 Å². The minimum atomic E-state index is -0.150. The maximum absolute atomic E-state index is 13.2. The Hall–Kier alpha value is -0.370. The van der Waals surface area contributed by atoms with E-state index in [0.717, 1.165) is 31.1 Å². The summed E-state index contributed by atoms with van der Waals surface area (Å²) >= 11 is 0. The van der Waals surface area contributed by atoms with Crippen LogP contribution < -0.4 is 0 Å². The van der Waals surface area contributed by atoms with E-state index in [1.165, 1.54) is 44.9 Å². The van der Waals surface area contributed by atoms with E-state index in [2.05, 4.69) is 48.5 Å². The van der Waals surface area contributed by atoms with Gasteiger partial charge in [0.2, 0.25) is 0 Å². The Balaban J connectivity index is 1.56. The zero-order valence-corrected chi connectivity index (χ0v) is 23.0. The van der Waals surface area contributed by atoms with Crippen LogP contribution in [-0.4, -0.2) is 17.0 Å². The number of fused-ring (bicyclic) bond motifs is 7. The Kier molecular flexibility index (Phi) is 5.40. The van der Waals surface area contributed by atoms with Gasteiger partial charge in [-0.3, -0.25) is 4.79 Å². The van der Waals surface area contributed by atoms with E-state index < -0.39 is 0 Å². The summed E-state index contributed by atoms with van der Waals surface area (Å²) in [6.45, 7) is 19.4. The van der Waals surface area contributed by atoms with Crippen LogP contribution in [0.5, 0.6) is 0 Å². The van der Waals surface area contributed by atoms with Crippen LogP contribution in [0.3, 0.4) is 0 Å². The van der Waals surface area contributed by atoms with Crippen molar-refractivity contribution in [1.82, 2.24) is 0 Å². The smallest absolute Gasteiger partial charge is 0.136 e. The highest BCUT2D eigenvalue weighted by atomic mass is 16.3. The maximum Gasteiger partial charge on any atom is 0.136 e. The van der Waals surface area contributed by atoms with Gasteiger partial charge < -0.3 is 5.11 Å². The predicted octanol–water partition coefficient (Wildman–Crippen LogP) is 7.67. The summed E-state index contributed by atoms with van der Waals surface area (Å²) in [7, 11) is 0. The predicted molar refractivity (Wildman–Crippen MR) is 136 cm³/mol. The van der Waals surface area contributed by atoms with E-state index >= 15 is 0 Å². The molecule has 0 spiro atoms. The van der Waals surface area contributed by atoms with Crippen LogP contribution in [0.2, 0.25) is 0 Å². The molecule has 5 saturated carbocycles. The molecule has 0 bridgehead atoms. The van der Waals surface area contributed by atoms with Crippen molar-refractivity contribution in [3.63, 3.8) is 0 Å². The molecule has 188 valence electrons. The molecule has 5 aliphatic carbocycles. The van der Waals surface area contributed by atoms with Crippen LogP contribution in [0.25, 0.3) is 0 Å². The van der Waals surface area contributed by atoms with E-state index in [1.54, 1.807) is 0 Å². The van der Waals surface area contributed by atoms with E-state index in [4.69, 9.17) is 0 Å². The molecule has 0 radical (unpaired) electrons. The molecule has 2 nitrogen and oxygen atoms in total. The van der Waals surface area contributed by atoms with Crippen LogP contribution in [0.4, 0.5) is 0 Å². The van der Waals surface area contributed by atoms with Crippen molar-refractivity contribution in [3.05, 3.63) is 0 Å². The number of hydrogen-bond donors (Lipinski definition) is 1. The third-order valence-corrected chi connectivity index (χ3v) is 14.0. The first kappa shape index (κ1) is 24.3. The quantitative estimate of drug-likeness (QED) is 0.463. The molecule has 5 fully saturated rings. The minimum absolute atomic E-state index is 0.0244. The van der Waals surface area contributed by atoms with Crippen molar-refractivity contribution in [2.45, 2.75) is 126 Å². The Morgan fingerprint density at radius 3 is 2.12 bits per heavy atom. The summed E-state index contributed by atoms with van der Waals surface area (Å²) in [6.07, 6.45) is 12.1. The van der Waals surface area contributed by atoms with E-state index in [9.17, 15) is 9.90 Å². The average molecular weight is 457 g/mol. The standard InChI is InChI=1S/C31H52O2/c1-19(2)21-11-16-31(20(3)32)18-17-29(7)22(26(21)31)9-10-24-28(6)14-13-25(33)27(4,5)23(28)12-15-30(24,29)8/h19,21-26,33H,9-18H2,1-8H3/t21-,22+,23-,24+,25-,26+,28-,29+,30+,31+/m0/s1. The highest BCUT2D eigenvalue weighted by Crippen LogP contribution is 2.77. The van der Waals surface area contributed by atoms with Crippen molar-refractivity contribution in [2.75, 3.05) is 0 Å². The summed E-state index contributed by atoms with van der Waals surface area (Å²) < 4.78 is 0. The second-order valence-corrected chi connectivity index (χ2v) is 15.2. The van der Waals surface area contributed by atoms with Gasteiger partial charge in [0.05, 0.1) is 6.10 Å². The monoisotopic (exact) mass is 456 g/mol. The Bertz CT molecular complexity index is 814. The van der Waals surface area contributed by atoms with Gasteiger partial charge in [-0.25, -0.2) is 0 Å². The third-order valence-electron chi connectivity index (χ3n) is 14.0. The second-order valence-electron chi connectivity index (χ2n) is 15.2. The lowest BCUT2D eigenvalue weighted by atomic mass is 9.32. The molecule has 0 aromatic carbocycles. The molecule has 0 amide bonds. The molecular formula is C31H52O2. The molecule has 0 aliphatic heterocycles. The first-order valence-corrected chi connectivity index (χ1v) is 14.4. The average Bonchev–Trinajstić information content (AvgIpc) is 3.13. The molecule has 0 unspecified atom stereocenters. The highest BCUT2D eigenvalue weighted by molar-refractivity contribution is 5.83. The lowest BCUT2D eigenvalue weighted by Gasteiger charge is -2.73. The fourth-order valence-corrected chi connectivity index (χ4v) is 12.0. The van der Waals surface area contributed by atoms with Gasteiger partial charge in [0, 0.05) is 5.41 Å². The van der Waals surface area contributed by atoms with E-state index in [0.29, 0.717) is 45.7 Å². The van der Waals surface area contributed by atoms with Gasteiger partial charge in [-0.05, 0) is 128 Å². The van der Waals surface area contributed by atoms with E-state index in [1.807, 2.05) is 6.92 Å². The molecule has 10 atom stereocenters. The fourth-order valence-electron chi connectivity index (χ4n) is 12.0. The number of Topliss-reactive ketones (excluding diaryl/α,β-unsaturated/α-hetero) is 1. The van der Waals surface area contributed by atoms with Crippen LogP contribution in [0, 0.1) is 62.6 Å². The molecule has 33 heavy (non-hydrogen) atoms. The SMILES string of the molecule is CC(=O)[C@]12CC[C@@H](C(C)C)[C@@H]1[C@H]1CC[C@@H]3[C@@]4(C)CC[C@H](O)C(C)(C)[C@@H]4CC[C@@]3(C)[C@]1(C)CC2. The lowest BCUT2D eigenvalue weighted by molar-refractivity contribution is -0.247. The zero-order chi connectivity index (χ0) is 24.2. The topological polar surface area (TPSA) is 37.3 Å². The van der Waals surface area contributed by atoms with Crippen LogP contribution in [0.15, 0.2) is 0 Å². The normalized spacial score (nSPS) is 55.3. The second kappa shape index (κ2) is 7.33. The Morgan fingerprint density at radius 1 is 0.788 bits per heavy atom. The number of aliphatic hydroxyl groups is 1. The molecule has 0 saturated heterocycles. The van der Waals surface area contributed by atoms with Crippen LogP contribution >= 0.6 is 0 Å². The number of rotatable bonds is 2.